The normalized spacial score (nSPS) is 10.8. The van der Waals surface area contributed by atoms with Crippen LogP contribution in [-0.2, 0) is 0 Å². The van der Waals surface area contributed by atoms with Crippen LogP contribution in [0.4, 0.5) is 22.7 Å². The Labute approximate surface area is 149 Å². The summed E-state index contributed by atoms with van der Waals surface area (Å²) in [4.78, 5) is 15.0. The highest BCUT2D eigenvalue weighted by molar-refractivity contribution is 6.30. The number of rotatable bonds is 5. The van der Waals surface area contributed by atoms with Crippen molar-refractivity contribution in [2.24, 2.45) is 4.99 Å². The van der Waals surface area contributed by atoms with Crippen molar-refractivity contribution in [3.8, 4) is 0 Å². The first kappa shape index (κ1) is 16.7. The Hall–Kier alpha value is -3.18. The minimum absolute atomic E-state index is 0.0122. The average molecular weight is 352 g/mol. The fraction of sp³-hybridized carbons (Fsp3) is 0. The van der Waals surface area contributed by atoms with Gasteiger partial charge in [-0.15, -0.1) is 0 Å². The third kappa shape index (κ3) is 4.43. The van der Waals surface area contributed by atoms with Gasteiger partial charge in [0.15, 0.2) is 0 Å². The van der Waals surface area contributed by atoms with Gasteiger partial charge in [-0.05, 0) is 35.9 Å². The Bertz CT molecular complexity index is 910. The highest BCUT2D eigenvalue weighted by Crippen LogP contribution is 2.32. The van der Waals surface area contributed by atoms with Crippen molar-refractivity contribution < 1.29 is 4.92 Å². The number of hydrogen-bond donors (Lipinski definition) is 1. The largest absolute Gasteiger partial charge is 0.354 e. The molecule has 0 spiro atoms. The van der Waals surface area contributed by atoms with E-state index in [-0.39, 0.29) is 5.69 Å². The fourth-order valence-corrected chi connectivity index (χ4v) is 2.34. The molecule has 0 radical (unpaired) electrons. The number of anilines is 2. The smallest absolute Gasteiger partial charge is 0.271 e. The number of nitrogens with zero attached hydrogens (tertiary/aromatic N) is 2. The van der Waals surface area contributed by atoms with E-state index in [0.717, 1.165) is 11.3 Å². The first-order valence-electron chi connectivity index (χ1n) is 7.52. The van der Waals surface area contributed by atoms with Crippen molar-refractivity contribution in [3.63, 3.8) is 0 Å². The molecule has 0 aromatic heterocycles. The molecule has 0 saturated carbocycles. The van der Waals surface area contributed by atoms with Gasteiger partial charge >= 0.3 is 0 Å². The fourth-order valence-electron chi connectivity index (χ4n) is 2.22. The van der Waals surface area contributed by atoms with Crippen molar-refractivity contribution in [1.29, 1.82) is 0 Å². The number of nitro benzene ring substituents is 1. The van der Waals surface area contributed by atoms with E-state index in [1.54, 1.807) is 24.4 Å². The minimum atomic E-state index is -0.437. The van der Waals surface area contributed by atoms with Crippen LogP contribution in [0.2, 0.25) is 5.02 Å². The van der Waals surface area contributed by atoms with E-state index in [2.05, 4.69) is 10.3 Å². The zero-order chi connectivity index (χ0) is 17.6. The van der Waals surface area contributed by atoms with Crippen molar-refractivity contribution in [2.45, 2.75) is 0 Å². The van der Waals surface area contributed by atoms with E-state index >= 15 is 0 Å². The van der Waals surface area contributed by atoms with Crippen molar-refractivity contribution >= 4 is 40.6 Å². The van der Waals surface area contributed by atoms with Crippen molar-refractivity contribution in [3.05, 3.63) is 93.5 Å². The monoisotopic (exact) mass is 351 g/mol. The maximum atomic E-state index is 11.1. The zero-order valence-electron chi connectivity index (χ0n) is 13.1. The van der Waals surface area contributed by atoms with Gasteiger partial charge in [-0.1, -0.05) is 41.9 Å². The highest BCUT2D eigenvalue weighted by atomic mass is 35.5. The number of hydrogen-bond acceptors (Lipinski definition) is 4. The number of para-hydroxylation sites is 1. The van der Waals surface area contributed by atoms with Crippen molar-refractivity contribution in [1.82, 2.24) is 0 Å². The van der Waals surface area contributed by atoms with Crippen LogP contribution in [0.5, 0.6) is 0 Å². The van der Waals surface area contributed by atoms with E-state index < -0.39 is 4.92 Å². The molecule has 0 aliphatic heterocycles. The molecule has 0 amide bonds. The first-order valence-corrected chi connectivity index (χ1v) is 7.90. The second-order valence-electron chi connectivity index (χ2n) is 5.26. The van der Waals surface area contributed by atoms with Gasteiger partial charge in [-0.2, -0.15) is 0 Å². The molecule has 6 heteroatoms. The minimum Gasteiger partial charge on any atom is -0.354 e. The maximum absolute atomic E-state index is 11.1. The Morgan fingerprint density at radius 3 is 2.40 bits per heavy atom. The molecule has 3 aromatic rings. The van der Waals surface area contributed by atoms with Crippen LogP contribution in [-0.4, -0.2) is 11.1 Å². The summed E-state index contributed by atoms with van der Waals surface area (Å²) < 4.78 is 0. The summed E-state index contributed by atoms with van der Waals surface area (Å²) in [6.45, 7) is 0. The Morgan fingerprint density at radius 1 is 1.00 bits per heavy atom. The van der Waals surface area contributed by atoms with Crippen LogP contribution < -0.4 is 5.32 Å². The SMILES string of the molecule is O=[N+]([O-])c1ccc(Nc2ccccc2)c(N=Cc2ccc(Cl)cc2)c1. The third-order valence-electron chi connectivity index (χ3n) is 3.47. The lowest BCUT2D eigenvalue weighted by atomic mass is 10.2. The lowest BCUT2D eigenvalue weighted by molar-refractivity contribution is -0.384. The summed E-state index contributed by atoms with van der Waals surface area (Å²) in [7, 11) is 0. The van der Waals surface area contributed by atoms with Gasteiger partial charge in [0.1, 0.15) is 0 Å². The Balaban J connectivity index is 1.94. The van der Waals surface area contributed by atoms with Gasteiger partial charge in [-0.3, -0.25) is 15.1 Å². The molecule has 3 aromatic carbocycles. The van der Waals surface area contributed by atoms with E-state index in [0.29, 0.717) is 16.4 Å². The maximum Gasteiger partial charge on any atom is 0.271 e. The van der Waals surface area contributed by atoms with Crippen LogP contribution >= 0.6 is 11.6 Å². The molecule has 0 aliphatic rings. The number of nitro groups is 1. The van der Waals surface area contributed by atoms with Gasteiger partial charge in [0.25, 0.3) is 5.69 Å². The molecule has 1 N–H and O–H groups in total. The molecule has 0 aliphatic carbocycles. The molecular weight excluding hydrogens is 338 g/mol. The zero-order valence-corrected chi connectivity index (χ0v) is 13.9. The number of aliphatic imine (C=N–C) groups is 1. The highest BCUT2D eigenvalue weighted by Gasteiger charge is 2.10. The van der Waals surface area contributed by atoms with E-state index in [1.807, 2.05) is 42.5 Å². The van der Waals surface area contributed by atoms with Crippen LogP contribution in [0.3, 0.4) is 0 Å². The molecule has 0 bridgehead atoms. The Morgan fingerprint density at radius 2 is 1.72 bits per heavy atom. The standard InChI is InChI=1S/C19H14ClN3O2/c20-15-8-6-14(7-9-15)13-21-19-12-17(23(24)25)10-11-18(19)22-16-4-2-1-3-5-16/h1-13,22H. The quantitative estimate of drug-likeness (QED) is 0.362. The van der Waals surface area contributed by atoms with Crippen LogP contribution in [0.15, 0.2) is 77.8 Å². The summed E-state index contributed by atoms with van der Waals surface area (Å²) in [5.74, 6) is 0. The van der Waals surface area contributed by atoms with Gasteiger partial charge < -0.3 is 5.32 Å². The summed E-state index contributed by atoms with van der Waals surface area (Å²) in [6.07, 6.45) is 1.64. The predicted octanol–water partition coefficient (Wildman–Crippen LogP) is 5.74. The molecule has 5 nitrogen and oxygen atoms in total. The third-order valence-corrected chi connectivity index (χ3v) is 3.72. The van der Waals surface area contributed by atoms with E-state index in [9.17, 15) is 10.1 Å². The molecule has 0 fully saturated rings. The van der Waals surface area contributed by atoms with Crippen LogP contribution in [0.1, 0.15) is 5.56 Å². The van der Waals surface area contributed by atoms with Crippen LogP contribution in [0.25, 0.3) is 0 Å². The summed E-state index contributed by atoms with van der Waals surface area (Å²) >= 11 is 5.87. The van der Waals surface area contributed by atoms with Crippen LogP contribution in [0, 0.1) is 10.1 Å². The molecular formula is C19H14ClN3O2. The molecule has 124 valence electrons. The lowest BCUT2D eigenvalue weighted by Gasteiger charge is -2.09. The summed E-state index contributed by atoms with van der Waals surface area (Å²) in [5, 5.41) is 14.9. The molecule has 0 heterocycles. The lowest BCUT2D eigenvalue weighted by Crippen LogP contribution is -1.93. The molecule has 3 rings (SSSR count). The average Bonchev–Trinajstić information content (AvgIpc) is 2.63. The number of halogens is 1. The second-order valence-corrected chi connectivity index (χ2v) is 5.70. The second kappa shape index (κ2) is 7.59. The summed E-state index contributed by atoms with van der Waals surface area (Å²) in [6, 6.07) is 21.3. The van der Waals surface area contributed by atoms with Gasteiger partial charge in [0.2, 0.25) is 0 Å². The first-order chi connectivity index (χ1) is 12.1. The summed E-state index contributed by atoms with van der Waals surface area (Å²) in [5.41, 5.74) is 2.87. The van der Waals surface area contributed by atoms with Gasteiger partial charge in [-0.25, -0.2) is 0 Å². The molecule has 0 saturated heterocycles. The predicted molar refractivity (Wildman–Crippen MR) is 102 cm³/mol. The Kier molecular flexibility index (Phi) is 5.06. The van der Waals surface area contributed by atoms with Crippen molar-refractivity contribution in [2.75, 3.05) is 5.32 Å². The number of non-ortho nitro benzene ring substituents is 1. The number of benzene rings is 3. The topological polar surface area (TPSA) is 67.5 Å². The van der Waals surface area contributed by atoms with Gasteiger partial charge in [0.05, 0.1) is 16.3 Å². The molecule has 0 unspecified atom stereocenters. The van der Waals surface area contributed by atoms with E-state index in [4.69, 9.17) is 11.6 Å². The molecule has 0 atom stereocenters. The molecule has 25 heavy (non-hydrogen) atoms. The number of nitrogens with one attached hydrogen (secondary N) is 1. The van der Waals surface area contributed by atoms with E-state index in [1.165, 1.54) is 12.1 Å². The van der Waals surface area contributed by atoms with Gasteiger partial charge in [0, 0.05) is 29.1 Å².